The molecule has 3 rings (SSSR count). The van der Waals surface area contributed by atoms with Crippen molar-refractivity contribution in [2.24, 2.45) is 0 Å². The van der Waals surface area contributed by atoms with Crippen molar-refractivity contribution in [3.05, 3.63) is 10.1 Å². The number of hydrogen-bond acceptors (Lipinski definition) is 4. The Morgan fingerprint density at radius 2 is 1.52 bits per heavy atom. The maximum Gasteiger partial charge on any atom is 0.213 e. The lowest BCUT2D eigenvalue weighted by molar-refractivity contribution is -0.524. The molecule has 0 N–H and O–H groups in total. The second kappa shape index (κ2) is 10.2. The zero-order chi connectivity index (χ0) is 16.5. The topological polar surface area (TPSA) is 61.6 Å². The molecule has 2 heterocycles. The fraction of sp³-hybridized carbons (Fsp3) is 1.00. The Bertz CT molecular complexity index is 328. The molecule has 5 nitrogen and oxygen atoms in total. The smallest absolute Gasteiger partial charge is 0.213 e. The Kier molecular flexibility index (Phi) is 8.31. The lowest BCUT2D eigenvalue weighted by atomic mass is 9.95. The molecule has 1 unspecified atom stereocenters. The van der Waals surface area contributed by atoms with E-state index < -0.39 is 0 Å². The first-order valence-electron chi connectivity index (χ1n) is 9.63. The summed E-state index contributed by atoms with van der Waals surface area (Å²) in [5.41, 5.74) is 0. The number of fused-ring (bicyclic) bond motifs is 4. The minimum Gasteiger partial charge on any atom is -0.349 e. The van der Waals surface area contributed by atoms with E-state index in [2.05, 4.69) is 6.92 Å². The fourth-order valence-corrected chi connectivity index (χ4v) is 3.76. The van der Waals surface area contributed by atoms with E-state index in [1.165, 1.54) is 19.3 Å². The van der Waals surface area contributed by atoms with Gasteiger partial charge in [0.25, 0.3) is 0 Å². The summed E-state index contributed by atoms with van der Waals surface area (Å²) in [5, 5.41) is 11.2. The summed E-state index contributed by atoms with van der Waals surface area (Å²) in [6.07, 6.45) is 13.7. The van der Waals surface area contributed by atoms with Gasteiger partial charge in [0.05, 0.1) is 12.2 Å². The van der Waals surface area contributed by atoms with Gasteiger partial charge < -0.3 is 9.47 Å². The first-order chi connectivity index (χ1) is 11.2. The normalized spacial score (nSPS) is 28.5. The summed E-state index contributed by atoms with van der Waals surface area (Å²) in [7, 11) is 0. The van der Waals surface area contributed by atoms with Gasteiger partial charge in [0.1, 0.15) is 0 Å². The first-order valence-corrected chi connectivity index (χ1v) is 9.63. The van der Waals surface area contributed by atoms with Crippen molar-refractivity contribution in [3.63, 3.8) is 0 Å². The van der Waals surface area contributed by atoms with Gasteiger partial charge in [-0.05, 0) is 44.9 Å². The highest BCUT2D eigenvalue weighted by Crippen LogP contribution is 2.31. The largest absolute Gasteiger partial charge is 0.349 e. The van der Waals surface area contributed by atoms with Crippen LogP contribution in [0.5, 0.6) is 0 Å². The van der Waals surface area contributed by atoms with Crippen LogP contribution in [0.3, 0.4) is 0 Å². The Labute approximate surface area is 140 Å². The van der Waals surface area contributed by atoms with E-state index in [0.29, 0.717) is 25.0 Å². The van der Waals surface area contributed by atoms with Gasteiger partial charge >= 0.3 is 0 Å². The number of nitrogens with zero attached hydrogens (tertiary/aromatic N) is 1. The molecule has 2 bridgehead atoms. The van der Waals surface area contributed by atoms with Crippen LogP contribution in [0.1, 0.15) is 90.4 Å². The molecular formula is C18H33NO4. The molecule has 0 aromatic carbocycles. The van der Waals surface area contributed by atoms with Gasteiger partial charge in [-0.15, -0.1) is 0 Å². The predicted octanol–water partition coefficient (Wildman–Crippen LogP) is 4.85. The fourth-order valence-electron chi connectivity index (χ4n) is 3.76. The van der Waals surface area contributed by atoms with Crippen LogP contribution in [-0.4, -0.2) is 29.5 Å². The highest BCUT2D eigenvalue weighted by Gasteiger charge is 2.32. The van der Waals surface area contributed by atoms with Gasteiger partial charge in [0.15, 0.2) is 6.29 Å². The summed E-state index contributed by atoms with van der Waals surface area (Å²) in [5.74, 6) is 0. The molecular weight excluding hydrogens is 294 g/mol. The number of hydrogen-bond donors (Lipinski definition) is 0. The van der Waals surface area contributed by atoms with Crippen molar-refractivity contribution in [1.29, 1.82) is 0 Å². The summed E-state index contributed by atoms with van der Waals surface area (Å²) >= 11 is 0. The third-order valence-electron chi connectivity index (χ3n) is 5.23. The molecule has 0 amide bonds. The van der Waals surface area contributed by atoms with Crippen LogP contribution in [-0.2, 0) is 9.47 Å². The Morgan fingerprint density at radius 3 is 2.09 bits per heavy atom. The van der Waals surface area contributed by atoms with Crippen molar-refractivity contribution >= 4 is 0 Å². The SMILES string of the molecule is CCCCCCCC(CCCC1OC2CCC(CC2)O1)[N+](=O)[O-]. The van der Waals surface area contributed by atoms with Crippen LogP contribution < -0.4 is 0 Å². The zero-order valence-electron chi connectivity index (χ0n) is 14.6. The highest BCUT2D eigenvalue weighted by atomic mass is 16.7. The van der Waals surface area contributed by atoms with Crippen molar-refractivity contribution in [2.75, 3.05) is 0 Å². The van der Waals surface area contributed by atoms with Crippen LogP contribution in [0.25, 0.3) is 0 Å². The Balaban J connectivity index is 1.62. The lowest BCUT2D eigenvalue weighted by Gasteiger charge is -2.19. The van der Waals surface area contributed by atoms with Crippen LogP contribution in [0.4, 0.5) is 0 Å². The molecule has 3 aliphatic rings. The van der Waals surface area contributed by atoms with Crippen molar-refractivity contribution in [1.82, 2.24) is 0 Å². The monoisotopic (exact) mass is 327 g/mol. The van der Waals surface area contributed by atoms with Gasteiger partial charge in [-0.3, -0.25) is 10.1 Å². The molecule has 134 valence electrons. The summed E-state index contributed by atoms with van der Waals surface area (Å²) in [4.78, 5) is 11.1. The quantitative estimate of drug-likeness (QED) is 0.309. The average molecular weight is 327 g/mol. The van der Waals surface area contributed by atoms with E-state index in [1.54, 1.807) is 0 Å². The maximum absolute atomic E-state index is 11.2. The standard InChI is InChI=1S/C18H33NO4/c1-2-3-4-5-6-8-15(19(20)21)9-7-10-18-22-16-11-12-17(23-18)14-13-16/h15-18H,2-14H2,1H3. The van der Waals surface area contributed by atoms with E-state index in [0.717, 1.165) is 51.4 Å². The molecule has 0 aromatic heterocycles. The molecule has 2 saturated heterocycles. The average Bonchev–Trinajstić information content (AvgIpc) is 2.85. The second-order valence-electron chi connectivity index (χ2n) is 7.17. The summed E-state index contributed by atoms with van der Waals surface area (Å²) in [6.45, 7) is 2.18. The van der Waals surface area contributed by atoms with E-state index in [4.69, 9.17) is 9.47 Å². The van der Waals surface area contributed by atoms with E-state index in [1.807, 2.05) is 0 Å². The molecule has 5 heteroatoms. The minimum atomic E-state index is -0.390. The summed E-state index contributed by atoms with van der Waals surface area (Å²) in [6, 6.07) is -0.390. The molecule has 1 aliphatic carbocycles. The third kappa shape index (κ3) is 6.76. The summed E-state index contributed by atoms with van der Waals surface area (Å²) < 4.78 is 12.0. The van der Waals surface area contributed by atoms with Crippen LogP contribution >= 0.6 is 0 Å². The number of rotatable bonds is 11. The van der Waals surface area contributed by atoms with Crippen molar-refractivity contribution in [3.8, 4) is 0 Å². The van der Waals surface area contributed by atoms with Gasteiger partial charge in [-0.2, -0.15) is 0 Å². The lowest BCUT2D eigenvalue weighted by Crippen LogP contribution is -2.23. The first kappa shape index (κ1) is 18.7. The van der Waals surface area contributed by atoms with Crippen LogP contribution in [0.15, 0.2) is 0 Å². The van der Waals surface area contributed by atoms with E-state index in [-0.39, 0.29) is 17.3 Å². The zero-order valence-corrected chi connectivity index (χ0v) is 14.6. The van der Waals surface area contributed by atoms with Crippen LogP contribution in [0.2, 0.25) is 0 Å². The molecule has 2 aliphatic heterocycles. The maximum atomic E-state index is 11.2. The van der Waals surface area contributed by atoms with Gasteiger partial charge in [0, 0.05) is 17.8 Å². The predicted molar refractivity (Wildman–Crippen MR) is 90.0 cm³/mol. The van der Waals surface area contributed by atoms with Crippen molar-refractivity contribution < 1.29 is 14.4 Å². The molecule has 0 spiro atoms. The van der Waals surface area contributed by atoms with Gasteiger partial charge in [0.2, 0.25) is 6.04 Å². The van der Waals surface area contributed by atoms with Gasteiger partial charge in [-0.25, -0.2) is 0 Å². The highest BCUT2D eigenvalue weighted by molar-refractivity contribution is 4.77. The van der Waals surface area contributed by atoms with E-state index >= 15 is 0 Å². The molecule has 3 fully saturated rings. The second-order valence-corrected chi connectivity index (χ2v) is 7.17. The molecule has 1 atom stereocenters. The van der Waals surface area contributed by atoms with Crippen molar-refractivity contribution in [2.45, 2.75) is 115 Å². The molecule has 23 heavy (non-hydrogen) atoms. The van der Waals surface area contributed by atoms with Crippen LogP contribution in [0, 0.1) is 10.1 Å². The Hall–Kier alpha value is -0.680. The van der Waals surface area contributed by atoms with Gasteiger partial charge in [-0.1, -0.05) is 32.6 Å². The molecule has 1 saturated carbocycles. The number of ether oxygens (including phenoxy) is 2. The molecule has 0 aromatic rings. The van der Waals surface area contributed by atoms with E-state index in [9.17, 15) is 10.1 Å². The molecule has 0 radical (unpaired) electrons. The minimum absolute atomic E-state index is 0.0850. The number of nitro groups is 1. The third-order valence-corrected chi connectivity index (χ3v) is 5.23. The number of unbranched alkanes of at least 4 members (excludes halogenated alkanes) is 4. The Morgan fingerprint density at radius 1 is 0.957 bits per heavy atom.